The average molecular weight is 355 g/mol. The summed E-state index contributed by atoms with van der Waals surface area (Å²) >= 11 is 1.51. The molecular weight excluding hydrogens is 334 g/mol. The molecule has 0 saturated heterocycles. The van der Waals surface area contributed by atoms with Gasteiger partial charge >= 0.3 is 12.0 Å². The summed E-state index contributed by atoms with van der Waals surface area (Å²) in [6.45, 7) is 2.41. The van der Waals surface area contributed by atoms with E-state index in [0.29, 0.717) is 18.7 Å². The van der Waals surface area contributed by atoms with Crippen LogP contribution in [0.4, 0.5) is 10.5 Å². The van der Waals surface area contributed by atoms with Gasteiger partial charge in [0.05, 0.1) is 4.92 Å². The van der Waals surface area contributed by atoms with Crippen LogP contribution in [0.3, 0.4) is 0 Å². The Kier molecular flexibility index (Phi) is 8.03. The maximum absolute atomic E-state index is 12.3. The van der Waals surface area contributed by atoms with Crippen molar-refractivity contribution < 1.29 is 19.6 Å². The van der Waals surface area contributed by atoms with Gasteiger partial charge in [-0.15, -0.1) is 0 Å². The zero-order chi connectivity index (χ0) is 18.1. The number of thioether (sulfide) groups is 1. The number of nitrogens with one attached hydrogen (secondary N) is 1. The number of nitrogens with zero attached hydrogens (tertiary/aromatic N) is 2. The highest BCUT2D eigenvalue weighted by molar-refractivity contribution is 7.98. The third-order valence-corrected chi connectivity index (χ3v) is 4.04. The van der Waals surface area contributed by atoms with Gasteiger partial charge in [0, 0.05) is 25.2 Å². The fourth-order valence-corrected chi connectivity index (χ4v) is 2.48. The SMILES string of the molecule is CCN(Cc1ccc([N+](=O)[O-])cc1)C(=O)NC(CCSC)C(=O)O. The van der Waals surface area contributed by atoms with Gasteiger partial charge in [0.15, 0.2) is 0 Å². The molecule has 1 rings (SSSR count). The summed E-state index contributed by atoms with van der Waals surface area (Å²) in [5.74, 6) is -0.435. The number of rotatable bonds is 9. The van der Waals surface area contributed by atoms with E-state index in [1.165, 1.54) is 28.8 Å². The zero-order valence-corrected chi connectivity index (χ0v) is 14.4. The summed E-state index contributed by atoms with van der Waals surface area (Å²) in [4.78, 5) is 35.1. The molecule has 0 spiro atoms. The molecule has 0 bridgehead atoms. The molecule has 2 N–H and O–H groups in total. The largest absolute Gasteiger partial charge is 0.480 e. The molecular formula is C15H21N3O5S. The normalized spacial score (nSPS) is 11.6. The van der Waals surface area contributed by atoms with Gasteiger partial charge in [0.2, 0.25) is 0 Å². The number of carbonyl (C=O) groups is 2. The molecule has 0 fully saturated rings. The van der Waals surface area contributed by atoms with Gasteiger partial charge in [0.25, 0.3) is 5.69 Å². The Morgan fingerprint density at radius 2 is 2.00 bits per heavy atom. The van der Waals surface area contributed by atoms with E-state index in [0.717, 1.165) is 5.56 Å². The highest BCUT2D eigenvalue weighted by Gasteiger charge is 2.22. The maximum atomic E-state index is 12.3. The van der Waals surface area contributed by atoms with Crippen LogP contribution in [0.2, 0.25) is 0 Å². The summed E-state index contributed by atoms with van der Waals surface area (Å²) in [6.07, 6.45) is 2.21. The molecule has 0 aliphatic rings. The van der Waals surface area contributed by atoms with Crippen molar-refractivity contribution in [3.63, 3.8) is 0 Å². The molecule has 0 aromatic heterocycles. The Bertz CT molecular complexity index is 579. The molecule has 1 aromatic rings. The fourth-order valence-electron chi connectivity index (χ4n) is 2.00. The Hall–Kier alpha value is -2.29. The Labute approximate surface area is 144 Å². The number of benzene rings is 1. The van der Waals surface area contributed by atoms with Crippen molar-refractivity contribution in [2.75, 3.05) is 18.6 Å². The number of urea groups is 1. The van der Waals surface area contributed by atoms with Crippen LogP contribution in [0.5, 0.6) is 0 Å². The quantitative estimate of drug-likeness (QED) is 0.519. The number of amides is 2. The summed E-state index contributed by atoms with van der Waals surface area (Å²) in [5.41, 5.74) is 0.711. The van der Waals surface area contributed by atoms with E-state index in [4.69, 9.17) is 5.11 Å². The van der Waals surface area contributed by atoms with E-state index in [1.54, 1.807) is 19.1 Å². The number of carboxylic acid groups (broad SMARTS) is 1. The molecule has 1 atom stereocenters. The molecule has 0 aliphatic carbocycles. The first kappa shape index (κ1) is 19.8. The standard InChI is InChI=1S/C15H21N3O5S/c1-3-17(10-11-4-6-12(7-5-11)18(22)23)15(21)16-13(14(19)20)8-9-24-2/h4-7,13H,3,8-10H2,1-2H3,(H,16,21)(H,19,20). The van der Waals surface area contributed by atoms with Crippen molar-refractivity contribution in [2.45, 2.75) is 25.9 Å². The van der Waals surface area contributed by atoms with E-state index < -0.39 is 23.0 Å². The van der Waals surface area contributed by atoms with Crippen molar-refractivity contribution in [1.29, 1.82) is 0 Å². The highest BCUT2D eigenvalue weighted by Crippen LogP contribution is 2.13. The van der Waals surface area contributed by atoms with Gasteiger partial charge in [-0.25, -0.2) is 9.59 Å². The lowest BCUT2D eigenvalue weighted by Crippen LogP contribution is -2.47. The van der Waals surface area contributed by atoms with Crippen LogP contribution in [-0.2, 0) is 11.3 Å². The number of hydrogen-bond donors (Lipinski definition) is 2. The van der Waals surface area contributed by atoms with Crippen LogP contribution < -0.4 is 5.32 Å². The lowest BCUT2D eigenvalue weighted by atomic mass is 10.2. The minimum Gasteiger partial charge on any atom is -0.480 e. The highest BCUT2D eigenvalue weighted by atomic mass is 32.2. The molecule has 0 heterocycles. The van der Waals surface area contributed by atoms with Crippen molar-refractivity contribution in [1.82, 2.24) is 10.2 Å². The van der Waals surface area contributed by atoms with E-state index in [2.05, 4.69) is 5.32 Å². The number of nitro groups is 1. The van der Waals surface area contributed by atoms with Gasteiger partial charge in [-0.05, 0) is 30.9 Å². The summed E-state index contributed by atoms with van der Waals surface area (Å²) in [5, 5.41) is 22.3. The molecule has 1 aromatic carbocycles. The summed E-state index contributed by atoms with van der Waals surface area (Å²) in [7, 11) is 0. The van der Waals surface area contributed by atoms with Gasteiger partial charge in [0.1, 0.15) is 6.04 Å². The van der Waals surface area contributed by atoms with Crippen LogP contribution in [0, 0.1) is 10.1 Å². The lowest BCUT2D eigenvalue weighted by Gasteiger charge is -2.24. The van der Waals surface area contributed by atoms with Gasteiger partial charge in [-0.3, -0.25) is 10.1 Å². The molecule has 0 aliphatic heterocycles. The predicted molar refractivity (Wildman–Crippen MR) is 92.1 cm³/mol. The smallest absolute Gasteiger partial charge is 0.326 e. The lowest BCUT2D eigenvalue weighted by molar-refractivity contribution is -0.384. The first-order chi connectivity index (χ1) is 11.4. The molecule has 2 amide bonds. The Morgan fingerprint density at radius 3 is 2.46 bits per heavy atom. The first-order valence-electron chi connectivity index (χ1n) is 7.39. The number of aliphatic carboxylic acids is 1. The van der Waals surface area contributed by atoms with Crippen LogP contribution in [0.1, 0.15) is 18.9 Å². The van der Waals surface area contributed by atoms with Crippen LogP contribution in [0.25, 0.3) is 0 Å². The van der Waals surface area contributed by atoms with Crippen molar-refractivity contribution in [3.05, 3.63) is 39.9 Å². The first-order valence-corrected chi connectivity index (χ1v) is 8.79. The van der Waals surface area contributed by atoms with Crippen molar-refractivity contribution in [2.24, 2.45) is 0 Å². The molecule has 0 radical (unpaired) electrons. The molecule has 8 nitrogen and oxygen atoms in total. The van der Waals surface area contributed by atoms with Gasteiger partial charge in [-0.1, -0.05) is 12.1 Å². The maximum Gasteiger partial charge on any atom is 0.326 e. The van der Waals surface area contributed by atoms with Gasteiger partial charge < -0.3 is 15.3 Å². The van der Waals surface area contributed by atoms with Crippen LogP contribution >= 0.6 is 11.8 Å². The van der Waals surface area contributed by atoms with Crippen molar-refractivity contribution in [3.8, 4) is 0 Å². The Morgan fingerprint density at radius 1 is 1.38 bits per heavy atom. The average Bonchev–Trinajstić information content (AvgIpc) is 2.56. The van der Waals surface area contributed by atoms with Crippen LogP contribution in [-0.4, -0.2) is 51.5 Å². The molecule has 0 saturated carbocycles. The fraction of sp³-hybridized carbons (Fsp3) is 0.467. The summed E-state index contributed by atoms with van der Waals surface area (Å²) < 4.78 is 0. The molecule has 132 valence electrons. The molecule has 24 heavy (non-hydrogen) atoms. The monoisotopic (exact) mass is 355 g/mol. The van der Waals surface area contributed by atoms with Crippen LogP contribution in [0.15, 0.2) is 24.3 Å². The van der Waals surface area contributed by atoms with E-state index in [1.807, 2.05) is 6.26 Å². The number of nitro benzene ring substituents is 1. The van der Waals surface area contributed by atoms with E-state index >= 15 is 0 Å². The number of hydrogen-bond acceptors (Lipinski definition) is 5. The predicted octanol–water partition coefficient (Wildman–Crippen LogP) is 2.33. The van der Waals surface area contributed by atoms with Crippen molar-refractivity contribution >= 4 is 29.4 Å². The minimum absolute atomic E-state index is 0.0192. The second-order valence-corrected chi connectivity index (χ2v) is 6.05. The zero-order valence-electron chi connectivity index (χ0n) is 13.6. The van der Waals surface area contributed by atoms with E-state index in [-0.39, 0.29) is 12.2 Å². The topological polar surface area (TPSA) is 113 Å². The summed E-state index contributed by atoms with van der Waals surface area (Å²) in [6, 6.07) is 4.51. The molecule has 1 unspecified atom stereocenters. The Balaban J connectivity index is 2.71. The third-order valence-electron chi connectivity index (χ3n) is 3.40. The third kappa shape index (κ3) is 6.07. The molecule has 9 heteroatoms. The second kappa shape index (κ2) is 9.76. The van der Waals surface area contributed by atoms with E-state index in [9.17, 15) is 19.7 Å². The second-order valence-electron chi connectivity index (χ2n) is 5.06. The number of carbonyl (C=O) groups excluding carboxylic acids is 1. The van der Waals surface area contributed by atoms with Gasteiger partial charge in [-0.2, -0.15) is 11.8 Å². The number of non-ortho nitro benzene ring substituents is 1. The minimum atomic E-state index is -1.07. The number of carboxylic acids is 1.